The summed E-state index contributed by atoms with van der Waals surface area (Å²) in [6.07, 6.45) is 5.42. The number of carbonyl (C=O) groups excluding carboxylic acids is 1. The molecule has 0 fully saturated rings. The van der Waals surface area contributed by atoms with Gasteiger partial charge >= 0.3 is 0 Å². The molecule has 218 valence electrons. The van der Waals surface area contributed by atoms with E-state index < -0.39 is 6.29 Å². The van der Waals surface area contributed by atoms with Crippen LogP contribution in [0.25, 0.3) is 22.0 Å². The third-order valence-corrected chi connectivity index (χ3v) is 7.99. The Balaban J connectivity index is 1.18. The number of methoxy groups -OCH3 is 1. The molecule has 0 saturated carbocycles. The van der Waals surface area contributed by atoms with Crippen LogP contribution in [-0.4, -0.2) is 62.4 Å². The number of hydrogen-bond acceptors (Lipinski definition) is 6. The number of nitrogens with one attached hydrogen (secondary N) is 2. The molecule has 2 unspecified atom stereocenters. The number of carbonyl (C=O) groups is 1. The van der Waals surface area contributed by atoms with E-state index in [0.29, 0.717) is 32.6 Å². The van der Waals surface area contributed by atoms with Gasteiger partial charge in [0.1, 0.15) is 5.75 Å². The monoisotopic (exact) mass is 568 g/mol. The van der Waals surface area contributed by atoms with Gasteiger partial charge in [0.15, 0.2) is 5.76 Å². The number of fused-ring (bicyclic) bond motifs is 4. The number of H-pyrrole nitrogens is 1. The van der Waals surface area contributed by atoms with Gasteiger partial charge in [0.05, 0.1) is 33.5 Å². The zero-order chi connectivity index (χ0) is 28.9. The summed E-state index contributed by atoms with van der Waals surface area (Å²) in [6.45, 7) is 1.30. The van der Waals surface area contributed by atoms with E-state index in [2.05, 4.69) is 52.8 Å². The maximum absolute atomic E-state index is 13.4. The number of rotatable bonds is 12. The van der Waals surface area contributed by atoms with Crippen LogP contribution in [-0.2, 0) is 31.8 Å². The molecule has 1 aromatic heterocycles. The average molecular weight is 569 g/mol. The van der Waals surface area contributed by atoms with Crippen LogP contribution < -0.4 is 10.1 Å². The fourth-order valence-corrected chi connectivity index (χ4v) is 5.96. The number of aromatic nitrogens is 1. The van der Waals surface area contributed by atoms with Crippen molar-refractivity contribution < 1.29 is 28.8 Å². The quantitative estimate of drug-likeness (QED) is 0.186. The van der Waals surface area contributed by atoms with Crippen molar-refractivity contribution in [3.8, 4) is 16.9 Å². The van der Waals surface area contributed by atoms with Gasteiger partial charge in [-0.1, -0.05) is 42.5 Å². The molecule has 0 radical (unpaired) electrons. The largest absolute Gasteiger partial charge is 0.497 e. The summed E-state index contributed by atoms with van der Waals surface area (Å²) in [6, 6.07) is 20.8. The number of aliphatic hydroxyl groups excluding tert-OH is 1. The first kappa shape index (κ1) is 28.0. The van der Waals surface area contributed by atoms with E-state index in [-0.39, 0.29) is 30.8 Å². The molecule has 0 spiro atoms. The Morgan fingerprint density at radius 2 is 1.95 bits per heavy atom. The molecule has 3 N–H and O–H groups in total. The number of aromatic amines is 1. The molecule has 2 heterocycles. The molecule has 0 bridgehead atoms. The number of hydrogen-bond donors (Lipinski definition) is 3. The first-order chi connectivity index (χ1) is 20.6. The molecule has 2 aliphatic rings. The molecule has 42 heavy (non-hydrogen) atoms. The van der Waals surface area contributed by atoms with Crippen LogP contribution >= 0.6 is 0 Å². The van der Waals surface area contributed by atoms with Gasteiger partial charge in [-0.05, 0) is 70.5 Å². The third kappa shape index (κ3) is 5.92. The van der Waals surface area contributed by atoms with E-state index in [1.54, 1.807) is 7.11 Å². The van der Waals surface area contributed by atoms with E-state index in [4.69, 9.17) is 24.1 Å². The van der Waals surface area contributed by atoms with E-state index >= 15 is 0 Å². The fourth-order valence-electron chi connectivity index (χ4n) is 5.96. The van der Waals surface area contributed by atoms with Crippen LogP contribution in [0.1, 0.15) is 34.6 Å². The first-order valence-electron chi connectivity index (χ1n) is 14.5. The van der Waals surface area contributed by atoms with E-state index in [1.165, 1.54) is 27.8 Å². The third-order valence-electron chi connectivity index (χ3n) is 7.99. The van der Waals surface area contributed by atoms with E-state index in [1.807, 2.05) is 30.5 Å². The van der Waals surface area contributed by atoms with Crippen LogP contribution in [0.3, 0.4) is 0 Å². The molecular formula is C34H36N2O6. The Bertz CT molecular complexity index is 1590. The molecule has 6 rings (SSSR count). The second-order valence-corrected chi connectivity index (χ2v) is 10.6. The number of amides is 1. The summed E-state index contributed by atoms with van der Waals surface area (Å²) < 4.78 is 22.8. The Kier molecular flexibility index (Phi) is 8.55. The standard InChI is InChI=1S/C34H36N2O6/c1-39-25-9-10-31-29(20-25)23(21-36-31)11-12-35-34(38)32-18-24(19-33(42-32)41-16-15-40-14-13-37)27-7-4-8-28-26-6-3-2-5-22(26)17-30(27)28/h2-10,18,20-21,24,33,36-37H,11-17,19H2,1H3,(H,35,38). The van der Waals surface area contributed by atoms with Gasteiger partial charge in [-0.25, -0.2) is 0 Å². The van der Waals surface area contributed by atoms with Crippen LogP contribution in [0.5, 0.6) is 5.75 Å². The highest BCUT2D eigenvalue weighted by molar-refractivity contribution is 5.92. The second kappa shape index (κ2) is 12.8. The molecule has 8 heteroatoms. The highest BCUT2D eigenvalue weighted by Crippen LogP contribution is 2.42. The Labute approximate surface area is 245 Å². The predicted molar refractivity (Wildman–Crippen MR) is 160 cm³/mol. The van der Waals surface area contributed by atoms with Crippen molar-refractivity contribution in [2.45, 2.75) is 31.5 Å². The van der Waals surface area contributed by atoms with Gasteiger partial charge in [0.25, 0.3) is 5.91 Å². The highest BCUT2D eigenvalue weighted by Gasteiger charge is 2.32. The van der Waals surface area contributed by atoms with Gasteiger partial charge in [-0.3, -0.25) is 4.79 Å². The number of allylic oxidation sites excluding steroid dienone is 1. The summed E-state index contributed by atoms with van der Waals surface area (Å²) >= 11 is 0. The highest BCUT2D eigenvalue weighted by atomic mass is 16.7. The minimum atomic E-state index is -0.598. The SMILES string of the molecule is COc1ccc2[nH]cc(CCNC(=O)C3=CC(c4cccc5c4Cc4ccccc4-5)CC(OCCOCCO)O3)c2c1. The molecule has 2 atom stereocenters. The second-order valence-electron chi connectivity index (χ2n) is 10.6. The van der Waals surface area contributed by atoms with Crippen LogP contribution in [0.2, 0.25) is 0 Å². The van der Waals surface area contributed by atoms with Crippen molar-refractivity contribution in [3.05, 3.63) is 101 Å². The topological polar surface area (TPSA) is 102 Å². The zero-order valence-corrected chi connectivity index (χ0v) is 23.7. The van der Waals surface area contributed by atoms with Gasteiger partial charge in [0, 0.05) is 36.0 Å². The zero-order valence-electron chi connectivity index (χ0n) is 23.7. The van der Waals surface area contributed by atoms with Gasteiger partial charge in [-0.2, -0.15) is 0 Å². The fraction of sp³-hybridized carbons (Fsp3) is 0.324. The average Bonchev–Trinajstić information content (AvgIpc) is 3.61. The summed E-state index contributed by atoms with van der Waals surface area (Å²) in [5, 5.41) is 13.1. The molecule has 1 aliphatic carbocycles. The van der Waals surface area contributed by atoms with Crippen LogP contribution in [0.4, 0.5) is 0 Å². The first-order valence-corrected chi connectivity index (χ1v) is 14.5. The minimum absolute atomic E-state index is 0.0390. The summed E-state index contributed by atoms with van der Waals surface area (Å²) in [4.78, 5) is 16.7. The van der Waals surface area contributed by atoms with Gasteiger partial charge in [0.2, 0.25) is 6.29 Å². The van der Waals surface area contributed by atoms with Crippen molar-refractivity contribution in [2.24, 2.45) is 0 Å². The Morgan fingerprint density at radius 3 is 2.83 bits per heavy atom. The normalized spacial score (nSPS) is 17.3. The molecule has 0 saturated heterocycles. The lowest BCUT2D eigenvalue weighted by Crippen LogP contribution is -2.34. The van der Waals surface area contributed by atoms with Crippen LogP contribution in [0.15, 0.2) is 78.7 Å². The molecule has 1 aliphatic heterocycles. The van der Waals surface area contributed by atoms with Gasteiger partial charge in [-0.15, -0.1) is 0 Å². The van der Waals surface area contributed by atoms with Crippen molar-refractivity contribution in [1.29, 1.82) is 0 Å². The van der Waals surface area contributed by atoms with Gasteiger partial charge < -0.3 is 34.4 Å². The molecule has 8 nitrogen and oxygen atoms in total. The number of benzene rings is 3. The Morgan fingerprint density at radius 1 is 1.07 bits per heavy atom. The minimum Gasteiger partial charge on any atom is -0.497 e. The summed E-state index contributed by atoms with van der Waals surface area (Å²) in [5.41, 5.74) is 8.45. The molecule has 3 aromatic carbocycles. The van der Waals surface area contributed by atoms with Crippen molar-refractivity contribution in [3.63, 3.8) is 0 Å². The molecule has 1 amide bonds. The van der Waals surface area contributed by atoms with Crippen molar-refractivity contribution in [2.75, 3.05) is 40.1 Å². The number of aliphatic hydroxyl groups is 1. The molecular weight excluding hydrogens is 532 g/mol. The Hall–Kier alpha value is -4.11. The molecule has 4 aromatic rings. The maximum Gasteiger partial charge on any atom is 0.286 e. The van der Waals surface area contributed by atoms with E-state index in [9.17, 15) is 4.79 Å². The smallest absolute Gasteiger partial charge is 0.286 e. The lowest BCUT2D eigenvalue weighted by Gasteiger charge is -2.30. The van der Waals surface area contributed by atoms with Crippen molar-refractivity contribution in [1.82, 2.24) is 10.3 Å². The predicted octanol–water partition coefficient (Wildman–Crippen LogP) is 4.85. The summed E-state index contributed by atoms with van der Waals surface area (Å²) in [5.74, 6) is 0.745. The lowest BCUT2D eigenvalue weighted by molar-refractivity contribution is -0.151. The van der Waals surface area contributed by atoms with Crippen molar-refractivity contribution >= 4 is 16.8 Å². The lowest BCUT2D eigenvalue weighted by atomic mass is 9.87. The number of ether oxygens (including phenoxy) is 4. The summed E-state index contributed by atoms with van der Waals surface area (Å²) in [7, 11) is 1.65. The van der Waals surface area contributed by atoms with E-state index in [0.717, 1.165) is 28.6 Å². The van der Waals surface area contributed by atoms with Crippen LogP contribution in [0, 0.1) is 0 Å². The maximum atomic E-state index is 13.4.